The average molecular weight is 374 g/mol. The maximum Gasteiger partial charge on any atom is 0.169 e. The molecule has 0 aliphatic rings. The Balaban J connectivity index is 1.67. The van der Waals surface area contributed by atoms with Gasteiger partial charge in [0.25, 0.3) is 0 Å². The van der Waals surface area contributed by atoms with Crippen LogP contribution in [0, 0.1) is 0 Å². The molecule has 0 aliphatic carbocycles. The van der Waals surface area contributed by atoms with E-state index in [1.165, 1.54) is 0 Å². The monoisotopic (exact) mass is 374 g/mol. The minimum atomic E-state index is -0.822. The second kappa shape index (κ2) is 8.93. The van der Waals surface area contributed by atoms with Crippen LogP contribution in [0.15, 0.2) is 53.7 Å². The fraction of sp³-hybridized carbons (Fsp3) is 0.316. The van der Waals surface area contributed by atoms with Crippen molar-refractivity contribution in [3.05, 3.63) is 48.5 Å². The normalized spacial score (nSPS) is 12.3. The van der Waals surface area contributed by atoms with Crippen molar-refractivity contribution in [2.24, 2.45) is 0 Å². The molecule has 2 aromatic carbocycles. The van der Waals surface area contributed by atoms with E-state index in [9.17, 15) is 5.11 Å². The van der Waals surface area contributed by atoms with Crippen LogP contribution in [0.5, 0.6) is 11.5 Å². The molecule has 26 heavy (non-hydrogen) atoms. The molecule has 2 N–H and O–H groups in total. The van der Waals surface area contributed by atoms with Crippen LogP contribution in [-0.4, -0.2) is 51.9 Å². The van der Waals surface area contributed by atoms with Crippen LogP contribution in [-0.2, 0) is 6.54 Å². The lowest BCUT2D eigenvalue weighted by atomic mass is 10.3. The Morgan fingerprint density at radius 3 is 2.62 bits per heavy atom. The lowest BCUT2D eigenvalue weighted by molar-refractivity contribution is 0.0802. The van der Waals surface area contributed by atoms with Gasteiger partial charge in [-0.1, -0.05) is 36.0 Å². The molecule has 1 heterocycles. The number of aliphatic hydroxyl groups is 2. The Morgan fingerprint density at radius 1 is 1.12 bits per heavy atom. The molecule has 3 aromatic rings. The Kier molecular flexibility index (Phi) is 6.38. The largest absolute Gasteiger partial charge is 0.493 e. The van der Waals surface area contributed by atoms with Crippen LogP contribution in [0.4, 0.5) is 0 Å². The Bertz CT molecular complexity index is 852. The highest BCUT2D eigenvalue weighted by molar-refractivity contribution is 7.99. The van der Waals surface area contributed by atoms with Crippen molar-refractivity contribution in [1.82, 2.24) is 9.55 Å². The molecule has 0 amide bonds. The van der Waals surface area contributed by atoms with Gasteiger partial charge in [-0.2, -0.15) is 0 Å². The molecule has 0 saturated carbocycles. The molecule has 0 unspecified atom stereocenters. The number of hydrogen-bond donors (Lipinski definition) is 2. The molecule has 0 fully saturated rings. The molecule has 0 spiro atoms. The molecule has 1 aromatic heterocycles. The number of aliphatic hydroxyl groups excluding tert-OH is 2. The molecular weight excluding hydrogens is 352 g/mol. The summed E-state index contributed by atoms with van der Waals surface area (Å²) >= 11 is 1.55. The summed E-state index contributed by atoms with van der Waals surface area (Å²) in [6.07, 6.45) is -0.822. The van der Waals surface area contributed by atoms with Crippen molar-refractivity contribution < 1.29 is 19.7 Å². The first-order valence-electron chi connectivity index (χ1n) is 8.35. The van der Waals surface area contributed by atoms with Crippen molar-refractivity contribution in [2.45, 2.75) is 17.8 Å². The molecule has 1 atom stereocenters. The van der Waals surface area contributed by atoms with E-state index in [2.05, 4.69) is 4.98 Å². The minimum absolute atomic E-state index is 0.284. The number of aromatic nitrogens is 2. The van der Waals surface area contributed by atoms with Gasteiger partial charge in [-0.25, -0.2) is 4.98 Å². The number of thioether (sulfide) groups is 1. The van der Waals surface area contributed by atoms with E-state index in [1.807, 2.05) is 53.1 Å². The summed E-state index contributed by atoms with van der Waals surface area (Å²) < 4.78 is 13.0. The second-order valence-electron chi connectivity index (χ2n) is 5.68. The molecular formula is C19H22N2O4S. The van der Waals surface area contributed by atoms with Crippen LogP contribution in [0.1, 0.15) is 0 Å². The molecule has 0 bridgehead atoms. The zero-order chi connectivity index (χ0) is 18.4. The van der Waals surface area contributed by atoms with Gasteiger partial charge in [-0.15, -0.1) is 0 Å². The van der Waals surface area contributed by atoms with Crippen LogP contribution in [0.25, 0.3) is 11.0 Å². The summed E-state index contributed by atoms with van der Waals surface area (Å²) in [7, 11) is 1.62. The number of methoxy groups -OCH3 is 1. The number of hydrogen-bond acceptors (Lipinski definition) is 6. The third-order valence-electron chi connectivity index (χ3n) is 3.86. The van der Waals surface area contributed by atoms with E-state index < -0.39 is 6.10 Å². The first kappa shape index (κ1) is 18.6. The number of imidazole rings is 1. The summed E-state index contributed by atoms with van der Waals surface area (Å²) in [6, 6.07) is 15.3. The lowest BCUT2D eigenvalue weighted by Crippen LogP contribution is -2.20. The predicted molar refractivity (Wildman–Crippen MR) is 102 cm³/mol. The second-order valence-corrected chi connectivity index (χ2v) is 6.74. The number of fused-ring (bicyclic) bond motifs is 1. The molecule has 0 radical (unpaired) electrons. The fourth-order valence-electron chi connectivity index (χ4n) is 2.63. The highest BCUT2D eigenvalue weighted by Gasteiger charge is 2.14. The predicted octanol–water partition coefficient (Wildman–Crippen LogP) is 2.57. The Hall–Kier alpha value is -2.22. The van der Waals surface area contributed by atoms with E-state index in [-0.39, 0.29) is 6.61 Å². The van der Waals surface area contributed by atoms with Gasteiger partial charge in [-0.05, 0) is 24.3 Å². The SMILES string of the molecule is COc1ccccc1OCCSc1nc2ccccc2n1C[C@H](O)CO. The summed E-state index contributed by atoms with van der Waals surface area (Å²) in [4.78, 5) is 4.63. The first-order valence-corrected chi connectivity index (χ1v) is 9.34. The van der Waals surface area contributed by atoms with Gasteiger partial charge in [0.2, 0.25) is 0 Å². The van der Waals surface area contributed by atoms with E-state index in [4.69, 9.17) is 14.6 Å². The van der Waals surface area contributed by atoms with Gasteiger partial charge in [0, 0.05) is 5.75 Å². The number of rotatable bonds is 9. The number of nitrogens with zero attached hydrogens (tertiary/aromatic N) is 2. The summed E-state index contributed by atoms with van der Waals surface area (Å²) in [5.41, 5.74) is 1.80. The number of para-hydroxylation sites is 4. The van der Waals surface area contributed by atoms with E-state index in [0.29, 0.717) is 30.4 Å². The summed E-state index contributed by atoms with van der Waals surface area (Å²) in [5, 5.41) is 19.8. The fourth-order valence-corrected chi connectivity index (χ4v) is 3.47. The van der Waals surface area contributed by atoms with Gasteiger partial charge in [0.05, 0.1) is 44.0 Å². The van der Waals surface area contributed by atoms with Gasteiger partial charge in [-0.3, -0.25) is 0 Å². The van der Waals surface area contributed by atoms with Gasteiger partial charge >= 0.3 is 0 Å². The zero-order valence-electron chi connectivity index (χ0n) is 14.5. The third kappa shape index (κ3) is 4.30. The van der Waals surface area contributed by atoms with E-state index in [0.717, 1.165) is 16.2 Å². The van der Waals surface area contributed by atoms with Crippen molar-refractivity contribution in [3.8, 4) is 11.5 Å². The molecule has 0 saturated heterocycles. The molecule has 0 aliphatic heterocycles. The van der Waals surface area contributed by atoms with Gasteiger partial charge < -0.3 is 24.3 Å². The highest BCUT2D eigenvalue weighted by Crippen LogP contribution is 2.27. The molecule has 6 nitrogen and oxygen atoms in total. The summed E-state index contributed by atoms with van der Waals surface area (Å²) in [6.45, 7) is 0.511. The maximum atomic E-state index is 9.85. The molecule has 3 rings (SSSR count). The number of benzene rings is 2. The number of ether oxygens (including phenoxy) is 2. The summed E-state index contributed by atoms with van der Waals surface area (Å²) in [5.74, 6) is 2.10. The smallest absolute Gasteiger partial charge is 0.169 e. The van der Waals surface area contributed by atoms with Crippen molar-refractivity contribution >= 4 is 22.8 Å². The van der Waals surface area contributed by atoms with Crippen LogP contribution < -0.4 is 9.47 Å². The van der Waals surface area contributed by atoms with E-state index in [1.54, 1.807) is 18.9 Å². The van der Waals surface area contributed by atoms with E-state index >= 15 is 0 Å². The van der Waals surface area contributed by atoms with Crippen LogP contribution in [0.2, 0.25) is 0 Å². The van der Waals surface area contributed by atoms with Gasteiger partial charge in [0.15, 0.2) is 16.7 Å². The zero-order valence-corrected chi connectivity index (χ0v) is 15.4. The van der Waals surface area contributed by atoms with Gasteiger partial charge in [0.1, 0.15) is 0 Å². The third-order valence-corrected chi connectivity index (χ3v) is 4.81. The molecule has 138 valence electrons. The highest BCUT2D eigenvalue weighted by atomic mass is 32.2. The topological polar surface area (TPSA) is 76.7 Å². The van der Waals surface area contributed by atoms with Crippen molar-refractivity contribution in [1.29, 1.82) is 0 Å². The van der Waals surface area contributed by atoms with Crippen molar-refractivity contribution in [3.63, 3.8) is 0 Å². The first-order chi connectivity index (χ1) is 12.7. The van der Waals surface area contributed by atoms with Crippen LogP contribution in [0.3, 0.4) is 0 Å². The average Bonchev–Trinajstić information content (AvgIpc) is 3.03. The maximum absolute atomic E-state index is 9.85. The van der Waals surface area contributed by atoms with Crippen LogP contribution >= 0.6 is 11.8 Å². The quantitative estimate of drug-likeness (QED) is 0.443. The van der Waals surface area contributed by atoms with Crippen molar-refractivity contribution in [2.75, 3.05) is 26.1 Å². The lowest BCUT2D eigenvalue weighted by Gasteiger charge is -2.13. The Labute approximate surface area is 156 Å². The molecule has 7 heteroatoms. The Morgan fingerprint density at radius 2 is 1.85 bits per heavy atom. The standard InChI is InChI=1S/C19H22N2O4S/c1-24-17-8-4-5-9-18(17)25-10-11-26-19-20-15-6-2-3-7-16(15)21(19)12-14(23)13-22/h2-9,14,22-23H,10-13H2,1H3/t14-/m0/s1. The minimum Gasteiger partial charge on any atom is -0.493 e.